The van der Waals surface area contributed by atoms with E-state index in [4.69, 9.17) is 0 Å². The first-order valence-electron chi connectivity index (χ1n) is 7.52. The van der Waals surface area contributed by atoms with E-state index in [1.165, 1.54) is 12.8 Å². The number of carbonyl (C=O) groups is 1. The van der Waals surface area contributed by atoms with E-state index in [1.54, 1.807) is 6.08 Å². The zero-order valence-corrected chi connectivity index (χ0v) is 12.0. The van der Waals surface area contributed by atoms with Gasteiger partial charge in [0.25, 0.3) is 0 Å². The molecule has 0 aromatic carbocycles. The minimum atomic E-state index is -0.103. The van der Waals surface area contributed by atoms with Crippen molar-refractivity contribution in [2.45, 2.75) is 57.5 Å². The summed E-state index contributed by atoms with van der Waals surface area (Å²) in [4.78, 5) is 14.8. The standard InChI is InChI=1S/C16H26N2O/c1-4-12(2)17-15(14-9-5-6-10-14)16(19)18-11-7-8-13(18)3/h4,13-15,17H,1-2,5-11H2,3H3. The summed E-state index contributed by atoms with van der Waals surface area (Å²) in [7, 11) is 0. The smallest absolute Gasteiger partial charge is 0.245 e. The summed E-state index contributed by atoms with van der Waals surface area (Å²) in [6.07, 6.45) is 8.74. The van der Waals surface area contributed by atoms with Crippen LogP contribution in [0.25, 0.3) is 0 Å². The lowest BCUT2D eigenvalue weighted by Crippen LogP contribution is -2.50. The molecule has 2 rings (SSSR count). The Balaban J connectivity index is 2.08. The van der Waals surface area contributed by atoms with Gasteiger partial charge in [-0.25, -0.2) is 0 Å². The highest BCUT2D eigenvalue weighted by atomic mass is 16.2. The zero-order chi connectivity index (χ0) is 13.8. The van der Waals surface area contributed by atoms with Crippen LogP contribution in [0.4, 0.5) is 0 Å². The van der Waals surface area contributed by atoms with Crippen LogP contribution in [0.1, 0.15) is 45.4 Å². The molecule has 1 heterocycles. The molecule has 2 fully saturated rings. The van der Waals surface area contributed by atoms with Crippen molar-refractivity contribution >= 4 is 5.91 Å². The van der Waals surface area contributed by atoms with Crippen LogP contribution in [0, 0.1) is 5.92 Å². The highest BCUT2D eigenvalue weighted by Gasteiger charge is 2.36. The molecular weight excluding hydrogens is 236 g/mol. The molecule has 1 aliphatic heterocycles. The average Bonchev–Trinajstić information content (AvgIpc) is 3.05. The van der Waals surface area contributed by atoms with Gasteiger partial charge in [0, 0.05) is 18.3 Å². The maximum absolute atomic E-state index is 12.8. The minimum Gasteiger partial charge on any atom is -0.374 e. The van der Waals surface area contributed by atoms with Gasteiger partial charge in [-0.2, -0.15) is 0 Å². The lowest BCUT2D eigenvalue weighted by Gasteiger charge is -2.31. The lowest BCUT2D eigenvalue weighted by atomic mass is 9.96. The van der Waals surface area contributed by atoms with Crippen LogP contribution in [0.15, 0.2) is 24.9 Å². The molecule has 2 aliphatic rings. The van der Waals surface area contributed by atoms with Crippen molar-refractivity contribution < 1.29 is 4.79 Å². The zero-order valence-electron chi connectivity index (χ0n) is 12.0. The molecule has 3 nitrogen and oxygen atoms in total. The Kier molecular flexibility index (Phi) is 4.67. The fraction of sp³-hybridized carbons (Fsp3) is 0.688. The maximum Gasteiger partial charge on any atom is 0.245 e. The van der Waals surface area contributed by atoms with E-state index in [9.17, 15) is 4.79 Å². The maximum atomic E-state index is 12.8. The first kappa shape index (κ1) is 14.2. The van der Waals surface area contributed by atoms with Crippen molar-refractivity contribution in [3.8, 4) is 0 Å². The van der Waals surface area contributed by atoms with Crippen LogP contribution in [-0.4, -0.2) is 29.4 Å². The van der Waals surface area contributed by atoms with E-state index in [1.807, 2.05) is 4.90 Å². The van der Waals surface area contributed by atoms with Crippen LogP contribution >= 0.6 is 0 Å². The van der Waals surface area contributed by atoms with Gasteiger partial charge < -0.3 is 10.2 Å². The van der Waals surface area contributed by atoms with Crippen LogP contribution in [-0.2, 0) is 4.79 Å². The molecule has 1 amide bonds. The molecule has 1 N–H and O–H groups in total. The Hall–Kier alpha value is -1.25. The highest BCUT2D eigenvalue weighted by molar-refractivity contribution is 5.83. The molecule has 0 radical (unpaired) electrons. The molecule has 0 spiro atoms. The summed E-state index contributed by atoms with van der Waals surface area (Å²) < 4.78 is 0. The van der Waals surface area contributed by atoms with Gasteiger partial charge in [-0.05, 0) is 44.6 Å². The third kappa shape index (κ3) is 3.20. The van der Waals surface area contributed by atoms with Crippen molar-refractivity contribution in [2.75, 3.05) is 6.54 Å². The average molecular weight is 262 g/mol. The molecule has 1 saturated heterocycles. The topological polar surface area (TPSA) is 32.3 Å². The molecule has 2 atom stereocenters. The van der Waals surface area contributed by atoms with Gasteiger partial charge in [0.15, 0.2) is 0 Å². The number of nitrogens with one attached hydrogen (secondary N) is 1. The van der Waals surface area contributed by atoms with Gasteiger partial charge in [-0.3, -0.25) is 4.79 Å². The van der Waals surface area contributed by atoms with Gasteiger partial charge >= 0.3 is 0 Å². The Labute approximate surface area is 116 Å². The number of nitrogens with zero attached hydrogens (tertiary/aromatic N) is 1. The number of likely N-dealkylation sites (tertiary alicyclic amines) is 1. The Morgan fingerprint density at radius 2 is 2.00 bits per heavy atom. The third-order valence-electron chi connectivity index (χ3n) is 4.56. The van der Waals surface area contributed by atoms with Crippen molar-refractivity contribution in [3.63, 3.8) is 0 Å². The Morgan fingerprint density at radius 3 is 2.53 bits per heavy atom. The summed E-state index contributed by atoms with van der Waals surface area (Å²) in [5, 5.41) is 3.30. The van der Waals surface area contributed by atoms with Crippen LogP contribution in [0.3, 0.4) is 0 Å². The summed E-state index contributed by atoms with van der Waals surface area (Å²) in [5.41, 5.74) is 0.761. The molecule has 1 saturated carbocycles. The normalized spacial score (nSPS) is 25.3. The van der Waals surface area contributed by atoms with Crippen LogP contribution in [0.5, 0.6) is 0 Å². The second-order valence-electron chi connectivity index (χ2n) is 5.92. The Bertz CT molecular complexity index is 358. The summed E-state index contributed by atoms with van der Waals surface area (Å²) in [6.45, 7) is 10.7. The SMILES string of the molecule is C=CC(=C)NC(C(=O)N1CCCC1C)C1CCCC1. The van der Waals surface area contributed by atoms with E-state index in [2.05, 4.69) is 25.4 Å². The van der Waals surface area contributed by atoms with Crippen molar-refractivity contribution in [1.29, 1.82) is 0 Å². The fourth-order valence-corrected chi connectivity index (χ4v) is 3.37. The molecule has 0 aromatic rings. The predicted molar refractivity (Wildman–Crippen MR) is 78.6 cm³/mol. The van der Waals surface area contributed by atoms with Crippen molar-refractivity contribution in [2.24, 2.45) is 5.92 Å². The molecule has 2 unspecified atom stereocenters. The lowest BCUT2D eigenvalue weighted by molar-refractivity contribution is -0.135. The monoisotopic (exact) mass is 262 g/mol. The number of hydrogen-bond acceptors (Lipinski definition) is 2. The van der Waals surface area contributed by atoms with Gasteiger partial charge in [0.1, 0.15) is 6.04 Å². The molecule has 0 bridgehead atoms. The van der Waals surface area contributed by atoms with Crippen LogP contribution in [0.2, 0.25) is 0 Å². The molecule has 0 aromatic heterocycles. The number of hydrogen-bond donors (Lipinski definition) is 1. The molecule has 106 valence electrons. The third-order valence-corrected chi connectivity index (χ3v) is 4.56. The number of amides is 1. The van der Waals surface area contributed by atoms with E-state index in [0.717, 1.165) is 37.9 Å². The van der Waals surface area contributed by atoms with Crippen molar-refractivity contribution in [3.05, 3.63) is 24.9 Å². The Morgan fingerprint density at radius 1 is 1.32 bits per heavy atom. The van der Waals surface area contributed by atoms with Crippen molar-refractivity contribution in [1.82, 2.24) is 10.2 Å². The first-order chi connectivity index (χ1) is 9.13. The second-order valence-corrected chi connectivity index (χ2v) is 5.92. The van der Waals surface area contributed by atoms with E-state index < -0.39 is 0 Å². The molecule has 19 heavy (non-hydrogen) atoms. The quantitative estimate of drug-likeness (QED) is 0.773. The predicted octanol–water partition coefficient (Wildman–Crippen LogP) is 2.85. The van der Waals surface area contributed by atoms with E-state index in [0.29, 0.717) is 12.0 Å². The van der Waals surface area contributed by atoms with Gasteiger partial charge in [0.05, 0.1) is 0 Å². The second kappa shape index (κ2) is 6.27. The van der Waals surface area contributed by atoms with E-state index in [-0.39, 0.29) is 11.9 Å². The molecule has 1 aliphatic carbocycles. The first-order valence-corrected chi connectivity index (χ1v) is 7.52. The molecule has 3 heteroatoms. The van der Waals surface area contributed by atoms with E-state index >= 15 is 0 Å². The fourth-order valence-electron chi connectivity index (χ4n) is 3.37. The largest absolute Gasteiger partial charge is 0.374 e. The number of allylic oxidation sites excluding steroid dienone is 1. The van der Waals surface area contributed by atoms with Gasteiger partial charge in [-0.15, -0.1) is 0 Å². The summed E-state index contributed by atoms with van der Waals surface area (Å²) in [5.74, 6) is 0.719. The highest BCUT2D eigenvalue weighted by Crippen LogP contribution is 2.30. The summed E-state index contributed by atoms with van der Waals surface area (Å²) >= 11 is 0. The van der Waals surface area contributed by atoms with Gasteiger partial charge in [-0.1, -0.05) is 26.0 Å². The van der Waals surface area contributed by atoms with Crippen LogP contribution < -0.4 is 5.32 Å². The van der Waals surface area contributed by atoms with Gasteiger partial charge in [0.2, 0.25) is 5.91 Å². The summed E-state index contributed by atoms with van der Waals surface area (Å²) in [6, 6.07) is 0.281. The number of rotatable bonds is 5. The minimum absolute atomic E-state index is 0.103. The molecular formula is C16H26N2O. The number of carbonyl (C=O) groups excluding carboxylic acids is 1.